The van der Waals surface area contributed by atoms with Gasteiger partial charge in [-0.3, -0.25) is 4.79 Å². The molecule has 0 aliphatic carbocycles. The van der Waals surface area contributed by atoms with Crippen molar-refractivity contribution in [2.45, 2.75) is 164 Å². The Bertz CT molecular complexity index is 2280. The molecule has 23 heteroatoms. The summed E-state index contributed by atoms with van der Waals surface area (Å²) in [5.74, 6) is -1.49. The molecule has 4 fully saturated rings. The van der Waals surface area contributed by atoms with Crippen LogP contribution in [0.25, 0.3) is 22.3 Å². The third-order valence-electron chi connectivity index (χ3n) is 12.5. The van der Waals surface area contributed by atoms with E-state index < -0.39 is 152 Å². The van der Waals surface area contributed by atoms with E-state index in [1.807, 2.05) is 0 Å². The number of allylic oxidation sites excluding steroid dienone is 2. The average Bonchev–Trinajstić information content (AvgIpc) is 3.31. The Morgan fingerprint density at radius 3 is 1.66 bits per heavy atom. The first-order valence-corrected chi connectivity index (χ1v) is 22.0. The molecule has 3 aromatic rings. The molecule has 7 rings (SSSR count). The lowest BCUT2D eigenvalue weighted by Gasteiger charge is -2.45. The molecule has 2 aromatic carbocycles. The lowest BCUT2D eigenvalue weighted by atomic mass is 9.97. The first-order valence-electron chi connectivity index (χ1n) is 22.0. The van der Waals surface area contributed by atoms with Crippen molar-refractivity contribution in [2.75, 3.05) is 13.7 Å². The van der Waals surface area contributed by atoms with Crippen molar-refractivity contribution in [3.8, 4) is 34.3 Å². The summed E-state index contributed by atoms with van der Waals surface area (Å²) in [6, 6.07) is 7.15. The first kappa shape index (κ1) is 51.8. The zero-order chi connectivity index (χ0) is 49.6. The normalized spacial score (nSPS) is 38.8. The number of rotatable bonds is 13. The number of benzene rings is 2. The second-order valence-corrected chi connectivity index (χ2v) is 17.6. The van der Waals surface area contributed by atoms with Crippen LogP contribution in [0.2, 0.25) is 0 Å². The van der Waals surface area contributed by atoms with E-state index >= 15 is 4.79 Å². The number of hydrogen-bond donors (Lipinski definition) is 12. The number of fused-ring (bicyclic) bond motifs is 1. The second-order valence-electron chi connectivity index (χ2n) is 17.6. The van der Waals surface area contributed by atoms with Gasteiger partial charge in [-0.15, -0.1) is 0 Å². The van der Waals surface area contributed by atoms with E-state index in [0.717, 1.165) is 11.6 Å². The van der Waals surface area contributed by atoms with Gasteiger partial charge in [-0.25, -0.2) is 0 Å². The lowest BCUT2D eigenvalue weighted by molar-refractivity contribution is -0.354. The topological polar surface area (TPSA) is 356 Å². The van der Waals surface area contributed by atoms with E-state index in [1.165, 1.54) is 40.0 Å². The number of phenols is 1. The highest BCUT2D eigenvalue weighted by Gasteiger charge is 2.53. The van der Waals surface area contributed by atoms with Gasteiger partial charge in [0.1, 0.15) is 95.4 Å². The molecule has 20 atom stereocenters. The van der Waals surface area contributed by atoms with Crippen molar-refractivity contribution >= 4 is 11.0 Å². The predicted octanol–water partition coefficient (Wildman–Crippen LogP) is -2.23. The molecule has 378 valence electrons. The number of phenolic OH excluding ortho intramolecular Hbond substituents is 1. The molecule has 0 amide bonds. The van der Waals surface area contributed by atoms with E-state index in [4.69, 9.17) is 47.0 Å². The Morgan fingerprint density at radius 1 is 0.647 bits per heavy atom. The highest BCUT2D eigenvalue weighted by atomic mass is 16.8. The quantitative estimate of drug-likeness (QED) is 0.0807. The Labute approximate surface area is 388 Å². The second kappa shape index (κ2) is 21.1. The fourth-order valence-electron chi connectivity index (χ4n) is 8.34. The van der Waals surface area contributed by atoms with Crippen molar-refractivity contribution in [1.82, 2.24) is 0 Å². The van der Waals surface area contributed by atoms with E-state index in [9.17, 15) is 61.3 Å². The molecule has 4 aliphatic heterocycles. The molecule has 0 saturated carbocycles. The van der Waals surface area contributed by atoms with Crippen LogP contribution in [0.5, 0.6) is 23.0 Å². The number of aromatic hydroxyl groups is 1. The summed E-state index contributed by atoms with van der Waals surface area (Å²) >= 11 is 0. The molecular weight excluding hydrogens is 908 g/mol. The van der Waals surface area contributed by atoms with Gasteiger partial charge in [-0.05, 0) is 65.3 Å². The number of hydrogen-bond acceptors (Lipinski definition) is 23. The molecular formula is C45H60O23. The SMILES string of the molecule is COc1ccc(-c2oc3c(CC=C(C)C)c(O[C@@H]4O[C@H](CO)[C@@H](O)[C@H](O)[C@H]4O[C@@H]4O[C@@H](C)[C@H](O)[C@@H](O)[C@H]4O)cc(O)c3c(=O)c2O[C@@H]2O[C@@H](C)[C@H](O)[C@@H](O)[C@H]2O[C@@H]2O[C@@H](C)[C@H](O)[C@@H](O)[C@H]2O)cc1. The van der Waals surface area contributed by atoms with Gasteiger partial charge in [0.2, 0.25) is 23.8 Å². The summed E-state index contributed by atoms with van der Waals surface area (Å²) in [6.07, 6.45) is -31.0. The van der Waals surface area contributed by atoms with E-state index in [2.05, 4.69) is 0 Å². The van der Waals surface area contributed by atoms with Gasteiger partial charge in [0, 0.05) is 17.2 Å². The van der Waals surface area contributed by atoms with E-state index in [-0.39, 0.29) is 34.6 Å². The zero-order valence-electron chi connectivity index (χ0n) is 37.8. The highest BCUT2D eigenvalue weighted by molar-refractivity contribution is 5.91. The van der Waals surface area contributed by atoms with Crippen molar-refractivity contribution in [3.63, 3.8) is 0 Å². The molecule has 5 heterocycles. The van der Waals surface area contributed by atoms with Crippen LogP contribution in [0, 0.1) is 0 Å². The van der Waals surface area contributed by atoms with Crippen molar-refractivity contribution in [3.05, 3.63) is 57.8 Å². The molecule has 0 bridgehead atoms. The maximum Gasteiger partial charge on any atom is 0.239 e. The van der Waals surface area contributed by atoms with Crippen LogP contribution in [0.4, 0.5) is 0 Å². The van der Waals surface area contributed by atoms with Crippen LogP contribution >= 0.6 is 0 Å². The minimum atomic E-state index is -1.90. The van der Waals surface area contributed by atoms with Gasteiger partial charge in [-0.1, -0.05) is 11.6 Å². The Morgan fingerprint density at radius 2 is 1.15 bits per heavy atom. The first-order chi connectivity index (χ1) is 32.2. The van der Waals surface area contributed by atoms with Gasteiger partial charge in [-0.2, -0.15) is 0 Å². The van der Waals surface area contributed by atoms with Crippen LogP contribution in [-0.2, 0) is 34.8 Å². The number of aliphatic hydroxyl groups is 11. The fourth-order valence-corrected chi connectivity index (χ4v) is 8.34. The summed E-state index contributed by atoms with van der Waals surface area (Å²) in [6.45, 7) is 6.93. The summed E-state index contributed by atoms with van der Waals surface area (Å²) < 4.78 is 59.3. The predicted molar refractivity (Wildman–Crippen MR) is 229 cm³/mol. The van der Waals surface area contributed by atoms with Gasteiger partial charge >= 0.3 is 0 Å². The Kier molecular flexibility index (Phi) is 16.1. The largest absolute Gasteiger partial charge is 0.507 e. The van der Waals surface area contributed by atoms with Crippen molar-refractivity contribution in [2.24, 2.45) is 0 Å². The third-order valence-corrected chi connectivity index (χ3v) is 12.5. The van der Waals surface area contributed by atoms with Gasteiger partial charge in [0.15, 0.2) is 30.5 Å². The molecule has 0 unspecified atom stereocenters. The van der Waals surface area contributed by atoms with Crippen molar-refractivity contribution < 1.29 is 108 Å². The van der Waals surface area contributed by atoms with Crippen LogP contribution in [0.15, 0.2) is 51.2 Å². The molecule has 4 saturated heterocycles. The molecule has 12 N–H and O–H groups in total. The minimum absolute atomic E-state index is 0.0650. The van der Waals surface area contributed by atoms with Gasteiger partial charge in [0.05, 0.1) is 32.0 Å². The summed E-state index contributed by atoms with van der Waals surface area (Å²) in [5, 5.41) is 129. The highest BCUT2D eigenvalue weighted by Crippen LogP contribution is 2.43. The van der Waals surface area contributed by atoms with Crippen LogP contribution < -0.4 is 19.6 Å². The fraction of sp³-hybridized carbons (Fsp3) is 0.622. The number of aliphatic hydroxyl groups excluding tert-OH is 11. The van der Waals surface area contributed by atoms with E-state index in [1.54, 1.807) is 32.1 Å². The standard InChI is InChI=1S/C45H60O23/c1-15(2)7-12-21-23(63-45-41(34(56)29(51)24(14-46)64-45)68-43-36(58)32(54)27(49)17(4)61-43)13-22(47)25-30(52)39(37(65-38(21)25)19-8-10-20(59-6)11-9-19)66-44-40(33(55)28(50)18(5)62-44)67-42-35(57)31(53)26(48)16(3)60-42/h7-11,13,16-18,24,26-29,31-36,40-51,53-58H,12,14H2,1-6H3/t16-,17-,18-,24+,26-,27-,28-,29+,31+,32+,33+,34-,35+,36+,40+,41+,42-,43-,44-,45+/m0/s1. The zero-order valence-corrected chi connectivity index (χ0v) is 37.8. The maximum absolute atomic E-state index is 15.0. The maximum atomic E-state index is 15.0. The molecule has 1 aromatic heterocycles. The molecule has 4 aliphatic rings. The average molecular weight is 969 g/mol. The molecule has 68 heavy (non-hydrogen) atoms. The van der Waals surface area contributed by atoms with Crippen LogP contribution in [-0.4, -0.2) is 198 Å². The summed E-state index contributed by atoms with van der Waals surface area (Å²) in [4.78, 5) is 15.0. The minimum Gasteiger partial charge on any atom is -0.507 e. The van der Waals surface area contributed by atoms with Gasteiger partial charge < -0.3 is 108 Å². The van der Waals surface area contributed by atoms with Crippen LogP contribution in [0.1, 0.15) is 40.2 Å². The third kappa shape index (κ3) is 10.1. The number of methoxy groups -OCH3 is 1. The molecule has 0 radical (unpaired) electrons. The number of ether oxygens (including phenoxy) is 9. The molecule has 0 spiro atoms. The summed E-state index contributed by atoms with van der Waals surface area (Å²) in [5.41, 5.74) is -0.226. The van der Waals surface area contributed by atoms with E-state index in [0.29, 0.717) is 5.75 Å². The Balaban J connectivity index is 1.35. The Hall–Kier alpha value is -4.09. The van der Waals surface area contributed by atoms with Crippen molar-refractivity contribution in [1.29, 1.82) is 0 Å². The molecule has 23 nitrogen and oxygen atoms in total. The smallest absolute Gasteiger partial charge is 0.239 e. The van der Waals surface area contributed by atoms with Gasteiger partial charge in [0.25, 0.3) is 0 Å². The van der Waals surface area contributed by atoms with Crippen LogP contribution in [0.3, 0.4) is 0 Å². The summed E-state index contributed by atoms with van der Waals surface area (Å²) in [7, 11) is 1.43. The lowest BCUT2D eigenvalue weighted by Crippen LogP contribution is -2.64. The monoisotopic (exact) mass is 968 g/mol.